The van der Waals surface area contributed by atoms with E-state index in [1.54, 1.807) is 0 Å². The highest BCUT2D eigenvalue weighted by Gasteiger charge is 2.20. The second kappa shape index (κ2) is 8.19. The number of aryl methyl sites for hydroxylation is 2. The fraction of sp³-hybridized carbons (Fsp3) is 0.824. The quantitative estimate of drug-likeness (QED) is 0.807. The largest absolute Gasteiger partial charge is 0.311 e. The maximum atomic E-state index is 6.44. The van der Waals surface area contributed by atoms with Crippen LogP contribution in [0.4, 0.5) is 0 Å². The molecule has 1 saturated carbocycles. The summed E-state index contributed by atoms with van der Waals surface area (Å²) in [7, 11) is 0. The third-order valence-electron chi connectivity index (χ3n) is 4.96. The third kappa shape index (κ3) is 4.23. The van der Waals surface area contributed by atoms with Crippen molar-refractivity contribution >= 4 is 11.6 Å². The standard InChI is InChI=1S/C17H30ClN3/c1-4-13-7-9-14(10-8-13)11-19-12-16-17(18)15(5-2)20-21(16)6-3/h13-14,19H,4-12H2,1-3H3. The van der Waals surface area contributed by atoms with Gasteiger partial charge >= 0.3 is 0 Å². The van der Waals surface area contributed by atoms with E-state index in [4.69, 9.17) is 11.6 Å². The van der Waals surface area contributed by atoms with Gasteiger partial charge in [0.15, 0.2) is 0 Å². The van der Waals surface area contributed by atoms with E-state index in [0.717, 1.165) is 54.3 Å². The van der Waals surface area contributed by atoms with Crippen LogP contribution in [0.25, 0.3) is 0 Å². The number of aromatic nitrogens is 2. The Labute approximate surface area is 134 Å². The highest BCUT2D eigenvalue weighted by Crippen LogP contribution is 2.30. The molecule has 1 heterocycles. The van der Waals surface area contributed by atoms with Gasteiger partial charge in [-0.15, -0.1) is 0 Å². The second-order valence-corrected chi connectivity index (χ2v) is 6.68. The molecule has 1 aromatic heterocycles. The van der Waals surface area contributed by atoms with Gasteiger partial charge in [-0.25, -0.2) is 0 Å². The fourth-order valence-electron chi connectivity index (χ4n) is 3.42. The summed E-state index contributed by atoms with van der Waals surface area (Å²) in [5.41, 5.74) is 2.18. The molecule has 2 rings (SSSR count). The van der Waals surface area contributed by atoms with E-state index in [1.807, 2.05) is 4.68 Å². The van der Waals surface area contributed by atoms with Crippen LogP contribution in [0.15, 0.2) is 0 Å². The summed E-state index contributed by atoms with van der Waals surface area (Å²) in [6.07, 6.45) is 7.84. The van der Waals surface area contributed by atoms with Crippen LogP contribution in [0.1, 0.15) is 64.3 Å². The minimum absolute atomic E-state index is 0.841. The van der Waals surface area contributed by atoms with E-state index in [1.165, 1.54) is 32.1 Å². The molecule has 0 aliphatic heterocycles. The molecule has 0 saturated heterocycles. The first-order valence-corrected chi connectivity index (χ1v) is 9.02. The lowest BCUT2D eigenvalue weighted by Crippen LogP contribution is -2.27. The molecule has 0 aromatic carbocycles. The average molecular weight is 312 g/mol. The monoisotopic (exact) mass is 311 g/mol. The van der Waals surface area contributed by atoms with Gasteiger partial charge in [0, 0.05) is 13.1 Å². The van der Waals surface area contributed by atoms with Gasteiger partial charge < -0.3 is 5.32 Å². The lowest BCUT2D eigenvalue weighted by molar-refractivity contribution is 0.262. The zero-order chi connectivity index (χ0) is 15.2. The summed E-state index contributed by atoms with van der Waals surface area (Å²) in [5.74, 6) is 1.82. The van der Waals surface area contributed by atoms with Crippen molar-refractivity contribution in [2.45, 2.75) is 72.4 Å². The van der Waals surface area contributed by atoms with Gasteiger partial charge in [0.05, 0.1) is 16.4 Å². The molecule has 0 unspecified atom stereocenters. The molecule has 0 amide bonds. The van der Waals surface area contributed by atoms with Crippen LogP contribution in [0.3, 0.4) is 0 Å². The van der Waals surface area contributed by atoms with Gasteiger partial charge in [-0.05, 0) is 44.6 Å². The average Bonchev–Trinajstić information content (AvgIpc) is 2.84. The van der Waals surface area contributed by atoms with Gasteiger partial charge in [0.2, 0.25) is 0 Å². The molecule has 0 spiro atoms. The Morgan fingerprint density at radius 2 is 1.81 bits per heavy atom. The van der Waals surface area contributed by atoms with E-state index in [0.29, 0.717) is 0 Å². The highest BCUT2D eigenvalue weighted by atomic mass is 35.5. The summed E-state index contributed by atoms with van der Waals surface area (Å²) in [6, 6.07) is 0. The first-order chi connectivity index (χ1) is 10.2. The number of hydrogen-bond donors (Lipinski definition) is 1. The minimum atomic E-state index is 0.841. The van der Waals surface area contributed by atoms with Crippen molar-refractivity contribution in [3.8, 4) is 0 Å². The molecule has 3 nitrogen and oxygen atoms in total. The maximum Gasteiger partial charge on any atom is 0.0863 e. The Morgan fingerprint density at radius 1 is 1.14 bits per heavy atom. The maximum absolute atomic E-state index is 6.44. The van der Waals surface area contributed by atoms with Crippen LogP contribution in [-0.2, 0) is 19.5 Å². The lowest BCUT2D eigenvalue weighted by atomic mass is 9.81. The highest BCUT2D eigenvalue weighted by molar-refractivity contribution is 6.31. The summed E-state index contributed by atoms with van der Waals surface area (Å²) < 4.78 is 2.04. The molecule has 0 radical (unpaired) electrons. The first-order valence-electron chi connectivity index (χ1n) is 8.64. The van der Waals surface area contributed by atoms with Crippen molar-refractivity contribution in [3.63, 3.8) is 0 Å². The van der Waals surface area contributed by atoms with Crippen molar-refractivity contribution in [1.29, 1.82) is 0 Å². The van der Waals surface area contributed by atoms with Gasteiger partial charge in [0.1, 0.15) is 0 Å². The van der Waals surface area contributed by atoms with Crippen LogP contribution < -0.4 is 5.32 Å². The Hall–Kier alpha value is -0.540. The van der Waals surface area contributed by atoms with E-state index < -0.39 is 0 Å². The van der Waals surface area contributed by atoms with Crippen LogP contribution in [0.2, 0.25) is 5.02 Å². The summed E-state index contributed by atoms with van der Waals surface area (Å²) in [4.78, 5) is 0. The molecule has 21 heavy (non-hydrogen) atoms. The minimum Gasteiger partial charge on any atom is -0.311 e. The van der Waals surface area contributed by atoms with Crippen LogP contribution in [0.5, 0.6) is 0 Å². The number of hydrogen-bond acceptors (Lipinski definition) is 2. The van der Waals surface area contributed by atoms with Crippen molar-refractivity contribution in [1.82, 2.24) is 15.1 Å². The first kappa shape index (κ1) is 16.8. The molecule has 1 fully saturated rings. The van der Waals surface area contributed by atoms with Crippen molar-refractivity contribution < 1.29 is 0 Å². The van der Waals surface area contributed by atoms with Gasteiger partial charge in [-0.3, -0.25) is 4.68 Å². The van der Waals surface area contributed by atoms with Crippen LogP contribution >= 0.6 is 11.6 Å². The van der Waals surface area contributed by atoms with E-state index >= 15 is 0 Å². The fourth-order valence-corrected chi connectivity index (χ4v) is 3.76. The van der Waals surface area contributed by atoms with Gasteiger partial charge in [-0.1, -0.05) is 44.7 Å². The topological polar surface area (TPSA) is 29.9 Å². The number of nitrogens with zero attached hydrogens (tertiary/aromatic N) is 2. The van der Waals surface area contributed by atoms with E-state index in [-0.39, 0.29) is 0 Å². The molecule has 1 aromatic rings. The second-order valence-electron chi connectivity index (χ2n) is 6.30. The molecular formula is C17H30ClN3. The SMILES string of the molecule is CCc1nn(CC)c(CNCC2CCC(CC)CC2)c1Cl. The number of halogens is 1. The zero-order valence-electron chi connectivity index (χ0n) is 13.8. The van der Waals surface area contributed by atoms with Crippen LogP contribution in [0, 0.1) is 11.8 Å². The van der Waals surface area contributed by atoms with Crippen LogP contribution in [-0.4, -0.2) is 16.3 Å². The molecule has 0 atom stereocenters. The number of nitrogens with one attached hydrogen (secondary N) is 1. The Kier molecular flexibility index (Phi) is 6.56. The smallest absolute Gasteiger partial charge is 0.0863 e. The zero-order valence-corrected chi connectivity index (χ0v) is 14.5. The normalized spacial score (nSPS) is 22.7. The van der Waals surface area contributed by atoms with E-state index in [2.05, 4.69) is 31.2 Å². The molecule has 1 aliphatic carbocycles. The Bertz CT molecular complexity index is 433. The summed E-state index contributed by atoms with van der Waals surface area (Å²) in [6.45, 7) is 9.40. The lowest BCUT2D eigenvalue weighted by Gasteiger charge is -2.28. The van der Waals surface area contributed by atoms with Crippen molar-refractivity contribution in [2.75, 3.05) is 6.54 Å². The van der Waals surface area contributed by atoms with Crippen molar-refractivity contribution in [3.05, 3.63) is 16.4 Å². The molecule has 120 valence electrons. The Morgan fingerprint density at radius 3 is 2.38 bits per heavy atom. The predicted molar refractivity (Wildman–Crippen MR) is 89.7 cm³/mol. The summed E-state index contributed by atoms with van der Waals surface area (Å²) in [5, 5.41) is 9.05. The molecular weight excluding hydrogens is 282 g/mol. The molecule has 1 N–H and O–H groups in total. The van der Waals surface area contributed by atoms with Gasteiger partial charge in [-0.2, -0.15) is 5.10 Å². The Balaban J connectivity index is 1.82. The van der Waals surface area contributed by atoms with E-state index in [9.17, 15) is 0 Å². The molecule has 4 heteroatoms. The third-order valence-corrected chi connectivity index (χ3v) is 5.40. The predicted octanol–water partition coefficient (Wildman–Crippen LogP) is 4.42. The molecule has 0 bridgehead atoms. The molecule has 1 aliphatic rings. The van der Waals surface area contributed by atoms with Crippen molar-refractivity contribution in [2.24, 2.45) is 11.8 Å². The summed E-state index contributed by atoms with van der Waals surface area (Å²) >= 11 is 6.44. The van der Waals surface area contributed by atoms with Gasteiger partial charge in [0.25, 0.3) is 0 Å². The number of rotatable bonds is 7.